The van der Waals surface area contributed by atoms with Crippen LogP contribution >= 0.6 is 0 Å². The zero-order chi connectivity index (χ0) is 54.2. The standard InChI is InChI=1S/C70H46BN9/c1-70(2,3)50-28-34-60-55(40-50)54-37-48(27-33-59(54)80(60)61-32-26-44(42-72)35-56(61)69-76-67(46-17-9-5-10-18-46)75-68(77-69)47-19-11-6-12-20-47)49-38-64-66-65(39-49)79(53-23-15-8-16-24-53)63-41-51(74-4)29-31-58(63)71(66)57-30-25-45(43-73)36-62(57)78(64)52-21-13-7-14-22-52/h5-41H,1-3H3. The van der Waals surface area contributed by atoms with Crippen LogP contribution in [0.4, 0.5) is 39.8 Å². The Morgan fingerprint density at radius 3 is 1.54 bits per heavy atom. The first-order valence-electron chi connectivity index (χ1n) is 26.6. The van der Waals surface area contributed by atoms with Crippen molar-refractivity contribution in [3.63, 3.8) is 0 Å². The third kappa shape index (κ3) is 7.79. The molecule has 0 saturated heterocycles. The first-order chi connectivity index (χ1) is 39.1. The van der Waals surface area contributed by atoms with E-state index in [1.807, 2.05) is 115 Å². The van der Waals surface area contributed by atoms with E-state index in [1.165, 1.54) is 5.56 Å². The molecule has 2 aliphatic rings. The van der Waals surface area contributed by atoms with Gasteiger partial charge in [0.2, 0.25) is 0 Å². The van der Waals surface area contributed by atoms with Gasteiger partial charge < -0.3 is 14.4 Å². The summed E-state index contributed by atoms with van der Waals surface area (Å²) in [5, 5.41) is 23.0. The second kappa shape index (κ2) is 18.7. The van der Waals surface area contributed by atoms with Crippen molar-refractivity contribution in [3.05, 3.63) is 253 Å². The largest absolute Gasteiger partial charge is 0.313 e. The number of aromatic nitrogens is 4. The Labute approximate surface area is 464 Å². The van der Waals surface area contributed by atoms with Crippen LogP contribution in [0.25, 0.3) is 77.6 Å². The molecule has 10 heteroatoms. The number of benzene rings is 10. The molecule has 0 saturated carbocycles. The lowest BCUT2D eigenvalue weighted by atomic mass is 9.33. The maximum Gasteiger partial charge on any atom is 0.251 e. The number of hydrogen-bond donors (Lipinski definition) is 0. The average molecular weight is 1020 g/mol. The van der Waals surface area contributed by atoms with Crippen LogP contribution in [-0.2, 0) is 5.41 Å². The van der Waals surface area contributed by atoms with Crippen molar-refractivity contribution in [3.8, 4) is 63.1 Å². The van der Waals surface area contributed by atoms with Crippen LogP contribution in [0, 0.1) is 29.2 Å². The van der Waals surface area contributed by atoms with Gasteiger partial charge in [0.1, 0.15) is 0 Å². The second-order valence-corrected chi connectivity index (χ2v) is 21.4. The smallest absolute Gasteiger partial charge is 0.251 e. The molecule has 0 unspecified atom stereocenters. The molecule has 0 fully saturated rings. The number of fused-ring (bicyclic) bond motifs is 7. The summed E-state index contributed by atoms with van der Waals surface area (Å²) in [4.78, 5) is 24.0. The van der Waals surface area contributed by atoms with Gasteiger partial charge in [-0.3, -0.25) is 0 Å². The summed E-state index contributed by atoms with van der Waals surface area (Å²) in [6.07, 6.45) is 0. The van der Waals surface area contributed by atoms with E-state index in [1.54, 1.807) is 0 Å². The van der Waals surface area contributed by atoms with E-state index in [4.69, 9.17) is 21.5 Å². The van der Waals surface area contributed by atoms with Crippen molar-refractivity contribution in [1.29, 1.82) is 10.5 Å². The third-order valence-corrected chi connectivity index (χ3v) is 15.6. The van der Waals surface area contributed by atoms with Gasteiger partial charge in [-0.1, -0.05) is 148 Å². The molecule has 10 aromatic carbocycles. The lowest BCUT2D eigenvalue weighted by molar-refractivity contribution is 0.591. The summed E-state index contributed by atoms with van der Waals surface area (Å²) < 4.78 is 2.29. The van der Waals surface area contributed by atoms with Gasteiger partial charge in [0.05, 0.1) is 46.6 Å². The Balaban J connectivity index is 1.04. The molecule has 2 aliphatic heterocycles. The SMILES string of the molecule is [C-]#[N+]c1ccc2c(c1)N(c1ccccc1)c1cc(-c3ccc4c(c3)c3cc(C(C)(C)C)ccc3n4-c3ccc(C#N)cc3-c3nc(-c4ccccc4)nc(-c4ccccc4)n3)cc3c1B2c1ccc(C#N)cc1N3c1ccccc1. The van der Waals surface area contributed by atoms with E-state index in [9.17, 15) is 10.5 Å². The van der Waals surface area contributed by atoms with Crippen LogP contribution in [0.15, 0.2) is 224 Å². The summed E-state index contributed by atoms with van der Waals surface area (Å²) in [6.45, 7) is 14.7. The average Bonchev–Trinajstić information content (AvgIpc) is 3.99. The highest BCUT2D eigenvalue weighted by molar-refractivity contribution is 7.00. The molecule has 0 spiro atoms. The summed E-state index contributed by atoms with van der Waals surface area (Å²) in [6, 6.07) is 81.5. The zero-order valence-corrected chi connectivity index (χ0v) is 44.0. The van der Waals surface area contributed by atoms with Crippen molar-refractivity contribution < 1.29 is 0 Å². The first kappa shape index (κ1) is 47.6. The Morgan fingerprint density at radius 1 is 0.450 bits per heavy atom. The van der Waals surface area contributed by atoms with Crippen LogP contribution in [-0.4, -0.2) is 26.2 Å². The fourth-order valence-electron chi connectivity index (χ4n) is 11.8. The summed E-state index contributed by atoms with van der Waals surface area (Å²) in [5.41, 5.74) is 18.9. The van der Waals surface area contributed by atoms with Gasteiger partial charge in [0.25, 0.3) is 6.71 Å². The van der Waals surface area contributed by atoms with Crippen LogP contribution in [0.1, 0.15) is 37.5 Å². The summed E-state index contributed by atoms with van der Waals surface area (Å²) in [7, 11) is 0. The molecule has 0 aliphatic carbocycles. The van der Waals surface area contributed by atoms with E-state index in [2.05, 4.69) is 161 Å². The van der Waals surface area contributed by atoms with Gasteiger partial charge in [0.15, 0.2) is 23.2 Å². The third-order valence-electron chi connectivity index (χ3n) is 15.6. The molecule has 0 radical (unpaired) electrons. The van der Waals surface area contributed by atoms with Crippen molar-refractivity contribution in [2.24, 2.45) is 0 Å². The Kier molecular flexibility index (Phi) is 11.1. The molecular formula is C70H46BN9. The maximum absolute atomic E-state index is 10.5. The minimum absolute atomic E-state index is 0.156. The van der Waals surface area contributed by atoms with Crippen LogP contribution in [0.3, 0.4) is 0 Å². The Bertz CT molecular complexity index is 4440. The molecule has 374 valence electrons. The molecule has 12 aromatic rings. The number of rotatable bonds is 7. The minimum atomic E-state index is -0.207. The number of anilines is 6. The fourth-order valence-corrected chi connectivity index (χ4v) is 11.8. The second-order valence-electron chi connectivity index (χ2n) is 21.4. The van der Waals surface area contributed by atoms with Gasteiger partial charge in [-0.15, -0.1) is 0 Å². The molecule has 80 heavy (non-hydrogen) atoms. The number of nitriles is 2. The summed E-state index contributed by atoms with van der Waals surface area (Å²) in [5.74, 6) is 1.50. The molecule has 0 atom stereocenters. The fraction of sp³-hybridized carbons (Fsp3) is 0.0571. The number of hydrogen-bond acceptors (Lipinski definition) is 7. The highest BCUT2D eigenvalue weighted by Gasteiger charge is 2.44. The zero-order valence-electron chi connectivity index (χ0n) is 44.0. The van der Waals surface area contributed by atoms with Gasteiger partial charge in [-0.2, -0.15) is 10.5 Å². The highest BCUT2D eigenvalue weighted by atomic mass is 15.2. The van der Waals surface area contributed by atoms with Gasteiger partial charge >= 0.3 is 0 Å². The van der Waals surface area contributed by atoms with Crippen molar-refractivity contribution in [2.45, 2.75) is 26.2 Å². The first-order valence-corrected chi connectivity index (χ1v) is 26.6. The van der Waals surface area contributed by atoms with Gasteiger partial charge in [-0.25, -0.2) is 19.8 Å². The Hall–Kier alpha value is -10.9. The minimum Gasteiger partial charge on any atom is -0.313 e. The van der Waals surface area contributed by atoms with Crippen molar-refractivity contribution >= 4 is 84.7 Å². The van der Waals surface area contributed by atoms with Crippen molar-refractivity contribution in [1.82, 2.24) is 19.5 Å². The monoisotopic (exact) mass is 1020 g/mol. The lowest BCUT2D eigenvalue weighted by Crippen LogP contribution is -2.61. The number of nitrogens with zero attached hydrogens (tertiary/aromatic N) is 9. The van der Waals surface area contributed by atoms with Gasteiger partial charge in [0, 0.05) is 61.6 Å². The van der Waals surface area contributed by atoms with E-state index < -0.39 is 0 Å². The Morgan fingerprint density at radius 2 is 0.963 bits per heavy atom. The van der Waals surface area contributed by atoms with Crippen LogP contribution < -0.4 is 26.2 Å². The molecule has 0 amide bonds. The molecule has 2 aromatic heterocycles. The molecule has 9 nitrogen and oxygen atoms in total. The molecule has 4 heterocycles. The summed E-state index contributed by atoms with van der Waals surface area (Å²) >= 11 is 0. The molecule has 14 rings (SSSR count). The van der Waals surface area contributed by atoms with Crippen LogP contribution in [0.5, 0.6) is 0 Å². The number of para-hydroxylation sites is 2. The topological polar surface area (TPSA) is 102 Å². The van der Waals surface area contributed by atoms with Crippen LogP contribution in [0.2, 0.25) is 0 Å². The van der Waals surface area contributed by atoms with E-state index in [0.29, 0.717) is 39.9 Å². The van der Waals surface area contributed by atoms with E-state index in [-0.39, 0.29) is 12.1 Å². The molecular weight excluding hydrogens is 978 g/mol. The highest BCUT2D eigenvalue weighted by Crippen LogP contribution is 2.48. The van der Waals surface area contributed by atoms with Crippen molar-refractivity contribution in [2.75, 3.05) is 9.80 Å². The molecule has 0 N–H and O–H groups in total. The molecule has 0 bridgehead atoms. The van der Waals surface area contributed by atoms with E-state index >= 15 is 0 Å². The van der Waals surface area contributed by atoms with Gasteiger partial charge in [-0.05, 0) is 136 Å². The van der Waals surface area contributed by atoms with E-state index in [0.717, 1.165) is 100 Å². The quantitative estimate of drug-likeness (QED) is 0.116. The predicted octanol–water partition coefficient (Wildman–Crippen LogP) is 15.3. The maximum atomic E-state index is 10.5. The predicted molar refractivity (Wildman–Crippen MR) is 324 cm³/mol. The normalized spacial score (nSPS) is 12.3. The lowest BCUT2D eigenvalue weighted by Gasteiger charge is -2.44.